The Labute approximate surface area is 119 Å². The highest BCUT2D eigenvalue weighted by molar-refractivity contribution is 9.10. The maximum atomic E-state index is 13.0. The van der Waals surface area contributed by atoms with Crippen molar-refractivity contribution in [3.05, 3.63) is 64.4 Å². The van der Waals surface area contributed by atoms with Crippen LogP contribution in [0.3, 0.4) is 0 Å². The van der Waals surface area contributed by atoms with Gasteiger partial charge in [0.05, 0.1) is 10.2 Å². The number of nitrogens with zero attached hydrogens (tertiary/aromatic N) is 1. The van der Waals surface area contributed by atoms with E-state index in [0.717, 1.165) is 0 Å². The molecule has 0 spiro atoms. The van der Waals surface area contributed by atoms with Gasteiger partial charge in [0.25, 0.3) is 0 Å². The highest BCUT2D eigenvalue weighted by atomic mass is 79.9. The van der Waals surface area contributed by atoms with E-state index < -0.39 is 0 Å². The second kappa shape index (κ2) is 6.38. The first-order valence-corrected chi connectivity index (χ1v) is 6.52. The smallest absolute Gasteiger partial charge is 0.168 e. The van der Waals surface area contributed by atoms with Gasteiger partial charge in [-0.1, -0.05) is 30.3 Å². The lowest BCUT2D eigenvalue weighted by atomic mass is 10.1. The first kappa shape index (κ1) is 13.6. The zero-order valence-corrected chi connectivity index (χ0v) is 11.6. The average molecular weight is 320 g/mol. The van der Waals surface area contributed by atoms with Crippen molar-refractivity contribution in [2.24, 2.45) is 4.99 Å². The number of carbonyl (C=O) groups is 1. The summed E-state index contributed by atoms with van der Waals surface area (Å²) in [6.45, 7) is 0. The second-order valence-electron chi connectivity index (χ2n) is 3.90. The molecule has 0 heterocycles. The van der Waals surface area contributed by atoms with Crippen LogP contribution in [0.5, 0.6) is 0 Å². The third-order valence-corrected chi connectivity index (χ3v) is 3.12. The van der Waals surface area contributed by atoms with Crippen LogP contribution in [-0.2, 0) is 0 Å². The lowest BCUT2D eigenvalue weighted by Crippen LogP contribution is -1.98. The molecule has 0 aliphatic rings. The molecule has 2 nitrogen and oxygen atoms in total. The van der Waals surface area contributed by atoms with Crippen LogP contribution in [-0.4, -0.2) is 12.0 Å². The molecule has 2 aromatic carbocycles. The minimum absolute atomic E-state index is 0.00512. The number of rotatable bonds is 4. The summed E-state index contributed by atoms with van der Waals surface area (Å²) >= 11 is 3.09. The van der Waals surface area contributed by atoms with Gasteiger partial charge in [0, 0.05) is 18.2 Å². The molecule has 0 atom stereocenters. The van der Waals surface area contributed by atoms with Gasteiger partial charge in [-0.25, -0.2) is 4.39 Å². The lowest BCUT2D eigenvalue weighted by molar-refractivity contribution is 0.100. The van der Waals surface area contributed by atoms with E-state index in [-0.39, 0.29) is 18.0 Å². The molecule has 0 N–H and O–H groups in total. The molecular weight excluding hydrogens is 309 g/mol. The standard InChI is InChI=1S/C15H11BrFNO/c16-13-10-12(6-7-14(13)17)18-9-8-15(19)11-4-2-1-3-5-11/h1-7,9-10H,8H2. The first-order valence-electron chi connectivity index (χ1n) is 5.72. The van der Waals surface area contributed by atoms with Crippen LogP contribution in [0, 0.1) is 5.82 Å². The molecule has 0 aliphatic heterocycles. The van der Waals surface area contributed by atoms with Crippen LogP contribution in [0.15, 0.2) is 58.0 Å². The van der Waals surface area contributed by atoms with Crippen molar-refractivity contribution < 1.29 is 9.18 Å². The minimum Gasteiger partial charge on any atom is -0.294 e. The lowest BCUT2D eigenvalue weighted by Gasteiger charge is -1.98. The van der Waals surface area contributed by atoms with Crippen molar-refractivity contribution in [1.82, 2.24) is 0 Å². The van der Waals surface area contributed by atoms with Crippen molar-refractivity contribution in [3.8, 4) is 0 Å². The average Bonchev–Trinajstić information content (AvgIpc) is 2.43. The van der Waals surface area contributed by atoms with E-state index in [1.54, 1.807) is 24.3 Å². The van der Waals surface area contributed by atoms with Crippen molar-refractivity contribution in [1.29, 1.82) is 0 Å². The number of benzene rings is 2. The SMILES string of the molecule is O=C(CC=Nc1ccc(F)c(Br)c1)c1ccccc1. The fourth-order valence-corrected chi connectivity index (χ4v) is 1.91. The third-order valence-electron chi connectivity index (χ3n) is 2.52. The number of carbonyl (C=O) groups excluding carboxylic acids is 1. The van der Waals surface area contributed by atoms with E-state index in [0.29, 0.717) is 15.7 Å². The van der Waals surface area contributed by atoms with E-state index in [1.807, 2.05) is 18.2 Å². The Hall–Kier alpha value is -1.81. The predicted octanol–water partition coefficient (Wildman–Crippen LogP) is 4.56. The van der Waals surface area contributed by atoms with Crippen LogP contribution in [0.2, 0.25) is 0 Å². The molecule has 0 fully saturated rings. The molecule has 0 bridgehead atoms. The predicted molar refractivity (Wildman–Crippen MR) is 77.6 cm³/mol. The zero-order chi connectivity index (χ0) is 13.7. The Morgan fingerprint density at radius 1 is 1.21 bits per heavy atom. The molecule has 0 aromatic heterocycles. The monoisotopic (exact) mass is 319 g/mol. The molecule has 0 aliphatic carbocycles. The van der Waals surface area contributed by atoms with Gasteiger partial charge >= 0.3 is 0 Å². The molecule has 0 saturated carbocycles. The maximum Gasteiger partial charge on any atom is 0.168 e. The Morgan fingerprint density at radius 3 is 2.63 bits per heavy atom. The highest BCUT2D eigenvalue weighted by Gasteiger charge is 2.02. The Morgan fingerprint density at radius 2 is 1.95 bits per heavy atom. The third kappa shape index (κ3) is 3.83. The second-order valence-corrected chi connectivity index (χ2v) is 4.76. The van der Waals surface area contributed by atoms with Crippen LogP contribution in [0.25, 0.3) is 0 Å². The molecule has 96 valence electrons. The summed E-state index contributed by atoms with van der Waals surface area (Å²) in [6.07, 6.45) is 1.76. The van der Waals surface area contributed by atoms with E-state index in [9.17, 15) is 9.18 Å². The maximum absolute atomic E-state index is 13.0. The first-order chi connectivity index (χ1) is 9.16. The van der Waals surface area contributed by atoms with Gasteiger partial charge < -0.3 is 0 Å². The summed E-state index contributed by atoms with van der Waals surface area (Å²) in [4.78, 5) is 15.9. The summed E-state index contributed by atoms with van der Waals surface area (Å²) in [5.41, 5.74) is 1.27. The number of ketones is 1. The van der Waals surface area contributed by atoms with Gasteiger partial charge in [0.15, 0.2) is 5.78 Å². The zero-order valence-electron chi connectivity index (χ0n) is 10.0. The molecule has 0 radical (unpaired) electrons. The highest BCUT2D eigenvalue weighted by Crippen LogP contribution is 2.21. The Kier molecular flexibility index (Phi) is 4.58. The normalized spacial score (nSPS) is 10.8. The quantitative estimate of drug-likeness (QED) is 0.600. The van der Waals surface area contributed by atoms with Crippen molar-refractivity contribution in [2.75, 3.05) is 0 Å². The van der Waals surface area contributed by atoms with Gasteiger partial charge in [-0.2, -0.15) is 0 Å². The number of halogens is 2. The molecule has 2 rings (SSSR count). The van der Waals surface area contributed by atoms with Gasteiger partial charge in [-0.3, -0.25) is 9.79 Å². The molecule has 2 aromatic rings. The van der Waals surface area contributed by atoms with Gasteiger partial charge in [0.1, 0.15) is 5.82 Å². The Bertz CT molecular complexity index is 611. The van der Waals surface area contributed by atoms with Gasteiger partial charge in [0.2, 0.25) is 0 Å². The van der Waals surface area contributed by atoms with Crippen LogP contribution < -0.4 is 0 Å². The fraction of sp³-hybridized carbons (Fsp3) is 0.0667. The van der Waals surface area contributed by atoms with E-state index in [4.69, 9.17) is 0 Å². The Balaban J connectivity index is 2.00. The molecule has 0 saturated heterocycles. The van der Waals surface area contributed by atoms with Crippen molar-refractivity contribution in [2.45, 2.75) is 6.42 Å². The number of Topliss-reactive ketones (excluding diaryl/α,β-unsaturated/α-hetero) is 1. The summed E-state index contributed by atoms with van der Waals surface area (Å²) in [5.74, 6) is -0.329. The number of hydrogen-bond donors (Lipinski definition) is 0. The van der Waals surface area contributed by atoms with E-state index >= 15 is 0 Å². The summed E-state index contributed by atoms with van der Waals surface area (Å²) < 4.78 is 13.4. The van der Waals surface area contributed by atoms with E-state index in [2.05, 4.69) is 20.9 Å². The molecule has 0 unspecified atom stereocenters. The molecular formula is C15H11BrFNO. The van der Waals surface area contributed by atoms with Crippen LogP contribution >= 0.6 is 15.9 Å². The molecule has 4 heteroatoms. The summed E-state index contributed by atoms with van der Waals surface area (Å²) in [5, 5.41) is 0. The van der Waals surface area contributed by atoms with Crippen molar-refractivity contribution >= 4 is 33.6 Å². The molecule has 19 heavy (non-hydrogen) atoms. The van der Waals surface area contributed by atoms with Crippen LogP contribution in [0.1, 0.15) is 16.8 Å². The van der Waals surface area contributed by atoms with Gasteiger partial charge in [-0.15, -0.1) is 0 Å². The molecule has 0 amide bonds. The number of aliphatic imine (C=N–C) groups is 1. The fourth-order valence-electron chi connectivity index (χ4n) is 1.54. The topological polar surface area (TPSA) is 29.4 Å². The largest absolute Gasteiger partial charge is 0.294 e. The summed E-state index contributed by atoms with van der Waals surface area (Å²) in [6, 6.07) is 13.5. The van der Waals surface area contributed by atoms with E-state index in [1.165, 1.54) is 12.3 Å². The van der Waals surface area contributed by atoms with Gasteiger partial charge in [-0.05, 0) is 34.1 Å². The minimum atomic E-state index is -0.334. The van der Waals surface area contributed by atoms with Crippen molar-refractivity contribution in [3.63, 3.8) is 0 Å². The van der Waals surface area contributed by atoms with Crippen LogP contribution in [0.4, 0.5) is 10.1 Å². The number of hydrogen-bond acceptors (Lipinski definition) is 2. The summed E-state index contributed by atoms with van der Waals surface area (Å²) in [7, 11) is 0.